The molecule has 1 fully saturated rings. The SMILES string of the molecule is CCC1CC(C)CC(C)(C)C1. The fraction of sp³-hybridized carbons (Fsp3) is 1.00. The molecule has 0 aliphatic heterocycles. The van der Waals surface area contributed by atoms with Gasteiger partial charge in [-0.1, -0.05) is 34.1 Å². The molecule has 0 nitrogen and oxygen atoms in total. The molecule has 0 radical (unpaired) electrons. The smallest absolute Gasteiger partial charge is 0.0349 e. The summed E-state index contributed by atoms with van der Waals surface area (Å²) in [5.41, 5.74) is 0.623. The highest BCUT2D eigenvalue weighted by molar-refractivity contribution is 4.81. The van der Waals surface area contributed by atoms with Gasteiger partial charge in [-0.2, -0.15) is 0 Å². The van der Waals surface area contributed by atoms with Crippen molar-refractivity contribution in [2.75, 3.05) is 0 Å². The Labute approximate surface area is 71.4 Å². The molecule has 0 aromatic heterocycles. The van der Waals surface area contributed by atoms with Gasteiger partial charge in [-0.15, -0.1) is 0 Å². The van der Waals surface area contributed by atoms with E-state index in [1.165, 1.54) is 25.7 Å². The van der Waals surface area contributed by atoms with E-state index in [0.717, 1.165) is 11.8 Å². The third-order valence-corrected chi connectivity index (χ3v) is 3.06. The number of hydrogen-bond acceptors (Lipinski definition) is 0. The predicted octanol–water partition coefficient (Wildman–Crippen LogP) is 3.86. The van der Waals surface area contributed by atoms with Gasteiger partial charge in [-0.05, 0) is 36.5 Å². The van der Waals surface area contributed by atoms with Gasteiger partial charge in [0.25, 0.3) is 0 Å². The van der Waals surface area contributed by atoms with Crippen LogP contribution in [0.3, 0.4) is 0 Å². The molecular formula is C11H22. The van der Waals surface area contributed by atoms with Crippen molar-refractivity contribution in [3.63, 3.8) is 0 Å². The maximum atomic E-state index is 2.42. The van der Waals surface area contributed by atoms with Crippen molar-refractivity contribution in [3.8, 4) is 0 Å². The summed E-state index contributed by atoms with van der Waals surface area (Å²) in [6.07, 6.45) is 5.74. The van der Waals surface area contributed by atoms with Crippen molar-refractivity contribution >= 4 is 0 Å². The monoisotopic (exact) mass is 154 g/mol. The lowest BCUT2D eigenvalue weighted by Gasteiger charge is -2.38. The zero-order valence-corrected chi connectivity index (χ0v) is 8.48. The van der Waals surface area contributed by atoms with Crippen LogP contribution >= 0.6 is 0 Å². The molecule has 0 spiro atoms. The van der Waals surface area contributed by atoms with Gasteiger partial charge in [0.15, 0.2) is 0 Å². The van der Waals surface area contributed by atoms with Crippen LogP contribution in [0.5, 0.6) is 0 Å². The van der Waals surface area contributed by atoms with E-state index < -0.39 is 0 Å². The van der Waals surface area contributed by atoms with E-state index in [4.69, 9.17) is 0 Å². The highest BCUT2D eigenvalue weighted by Crippen LogP contribution is 2.42. The van der Waals surface area contributed by atoms with Gasteiger partial charge in [-0.25, -0.2) is 0 Å². The van der Waals surface area contributed by atoms with E-state index in [-0.39, 0.29) is 0 Å². The summed E-state index contributed by atoms with van der Waals surface area (Å²) in [6.45, 7) is 9.58. The average molecular weight is 154 g/mol. The molecule has 2 unspecified atom stereocenters. The molecule has 0 bridgehead atoms. The van der Waals surface area contributed by atoms with Crippen molar-refractivity contribution in [2.24, 2.45) is 17.3 Å². The lowest BCUT2D eigenvalue weighted by atomic mass is 9.67. The molecule has 66 valence electrons. The lowest BCUT2D eigenvalue weighted by Crippen LogP contribution is -2.27. The third kappa shape index (κ3) is 2.50. The Morgan fingerprint density at radius 1 is 1.27 bits per heavy atom. The zero-order chi connectivity index (χ0) is 8.48. The summed E-state index contributed by atoms with van der Waals surface area (Å²) in [5, 5.41) is 0. The second-order valence-corrected chi connectivity index (χ2v) is 5.19. The van der Waals surface area contributed by atoms with Crippen LogP contribution in [0.1, 0.15) is 53.4 Å². The lowest BCUT2D eigenvalue weighted by molar-refractivity contribution is 0.130. The Bertz CT molecular complexity index is 124. The molecule has 1 aliphatic rings. The first-order chi connectivity index (χ1) is 5.03. The van der Waals surface area contributed by atoms with E-state index in [0.29, 0.717) is 5.41 Å². The Balaban J connectivity index is 2.51. The standard InChI is InChI=1S/C11H22/c1-5-10-6-9(2)7-11(3,4)8-10/h9-10H,5-8H2,1-4H3. The predicted molar refractivity (Wildman–Crippen MR) is 50.6 cm³/mol. The largest absolute Gasteiger partial charge is 0.0651 e. The average Bonchev–Trinajstić information content (AvgIpc) is 1.83. The molecule has 11 heavy (non-hydrogen) atoms. The minimum Gasteiger partial charge on any atom is -0.0651 e. The minimum absolute atomic E-state index is 0.623. The topological polar surface area (TPSA) is 0 Å². The molecule has 0 amide bonds. The number of hydrogen-bond donors (Lipinski definition) is 0. The highest BCUT2D eigenvalue weighted by Gasteiger charge is 2.30. The summed E-state index contributed by atoms with van der Waals surface area (Å²) in [5.74, 6) is 1.97. The summed E-state index contributed by atoms with van der Waals surface area (Å²) in [4.78, 5) is 0. The molecule has 0 saturated heterocycles. The van der Waals surface area contributed by atoms with Crippen molar-refractivity contribution in [2.45, 2.75) is 53.4 Å². The molecule has 1 aliphatic carbocycles. The Morgan fingerprint density at radius 3 is 2.36 bits per heavy atom. The maximum Gasteiger partial charge on any atom is -0.0349 e. The molecular weight excluding hydrogens is 132 g/mol. The van der Waals surface area contributed by atoms with Crippen molar-refractivity contribution in [3.05, 3.63) is 0 Å². The Kier molecular flexibility index (Phi) is 2.61. The second-order valence-electron chi connectivity index (χ2n) is 5.19. The van der Waals surface area contributed by atoms with Gasteiger partial charge < -0.3 is 0 Å². The number of rotatable bonds is 1. The Morgan fingerprint density at radius 2 is 1.91 bits per heavy atom. The first-order valence-electron chi connectivity index (χ1n) is 5.03. The first-order valence-corrected chi connectivity index (χ1v) is 5.03. The van der Waals surface area contributed by atoms with Crippen molar-refractivity contribution < 1.29 is 0 Å². The van der Waals surface area contributed by atoms with E-state index in [1.807, 2.05) is 0 Å². The molecule has 0 aromatic rings. The summed E-state index contributed by atoms with van der Waals surface area (Å²) >= 11 is 0. The fourth-order valence-electron chi connectivity index (χ4n) is 2.85. The first kappa shape index (κ1) is 9.09. The normalized spacial score (nSPS) is 37.1. The van der Waals surface area contributed by atoms with E-state index in [2.05, 4.69) is 27.7 Å². The summed E-state index contributed by atoms with van der Waals surface area (Å²) in [7, 11) is 0. The van der Waals surface area contributed by atoms with Crippen LogP contribution in [0.15, 0.2) is 0 Å². The zero-order valence-electron chi connectivity index (χ0n) is 8.48. The molecule has 0 N–H and O–H groups in total. The van der Waals surface area contributed by atoms with Crippen LogP contribution in [0.4, 0.5) is 0 Å². The van der Waals surface area contributed by atoms with Crippen LogP contribution in [-0.4, -0.2) is 0 Å². The van der Waals surface area contributed by atoms with Gasteiger partial charge in [0.2, 0.25) is 0 Å². The van der Waals surface area contributed by atoms with Gasteiger partial charge >= 0.3 is 0 Å². The van der Waals surface area contributed by atoms with Crippen molar-refractivity contribution in [1.29, 1.82) is 0 Å². The summed E-state index contributed by atoms with van der Waals surface area (Å²) < 4.78 is 0. The molecule has 0 heteroatoms. The minimum atomic E-state index is 0.623. The molecule has 0 heterocycles. The molecule has 2 atom stereocenters. The van der Waals surface area contributed by atoms with Crippen LogP contribution < -0.4 is 0 Å². The van der Waals surface area contributed by atoms with Gasteiger partial charge in [-0.3, -0.25) is 0 Å². The van der Waals surface area contributed by atoms with Gasteiger partial charge in [0, 0.05) is 0 Å². The van der Waals surface area contributed by atoms with Crippen LogP contribution in [0.25, 0.3) is 0 Å². The molecule has 1 saturated carbocycles. The van der Waals surface area contributed by atoms with E-state index in [9.17, 15) is 0 Å². The third-order valence-electron chi connectivity index (χ3n) is 3.06. The van der Waals surface area contributed by atoms with Crippen LogP contribution in [-0.2, 0) is 0 Å². The van der Waals surface area contributed by atoms with Crippen LogP contribution in [0.2, 0.25) is 0 Å². The van der Waals surface area contributed by atoms with Crippen molar-refractivity contribution in [1.82, 2.24) is 0 Å². The maximum absolute atomic E-state index is 2.42. The quantitative estimate of drug-likeness (QED) is 0.538. The van der Waals surface area contributed by atoms with Gasteiger partial charge in [0.05, 0.1) is 0 Å². The highest BCUT2D eigenvalue weighted by atomic mass is 14.4. The fourth-order valence-corrected chi connectivity index (χ4v) is 2.85. The molecule has 1 rings (SSSR count). The van der Waals surface area contributed by atoms with E-state index in [1.54, 1.807) is 0 Å². The van der Waals surface area contributed by atoms with Crippen LogP contribution in [0, 0.1) is 17.3 Å². The Hall–Kier alpha value is 0. The summed E-state index contributed by atoms with van der Waals surface area (Å²) in [6, 6.07) is 0. The molecule has 0 aromatic carbocycles. The second kappa shape index (κ2) is 3.16. The van der Waals surface area contributed by atoms with Gasteiger partial charge in [0.1, 0.15) is 0 Å². The van der Waals surface area contributed by atoms with E-state index >= 15 is 0 Å².